The van der Waals surface area contributed by atoms with Gasteiger partial charge < -0.3 is 32.1 Å². The Morgan fingerprint density at radius 3 is 2.25 bits per heavy atom. The standard InChI is InChI=1S/C22H41N5O5/c1-13(2)12-16(22(31)32)26-19(28)17-9-7-11-27(17)21(30)15(8-5-6-10-23)25-20(29)18(24)14(3)4/h13-18H,5-12,23-24H2,1-4H3,(H,25,29)(H,26,28)(H,31,32). The molecule has 4 atom stereocenters. The number of likely N-dealkylation sites (tertiary alicyclic amines) is 1. The van der Waals surface area contributed by atoms with E-state index >= 15 is 0 Å². The van der Waals surface area contributed by atoms with Crippen molar-refractivity contribution in [3.63, 3.8) is 0 Å². The minimum absolute atomic E-state index is 0.0880. The molecule has 1 aliphatic heterocycles. The molecule has 1 rings (SSSR count). The lowest BCUT2D eigenvalue weighted by Crippen LogP contribution is -2.57. The van der Waals surface area contributed by atoms with E-state index in [1.54, 1.807) is 0 Å². The molecule has 10 heteroatoms. The van der Waals surface area contributed by atoms with Gasteiger partial charge in [-0.3, -0.25) is 14.4 Å². The third-order valence-electron chi connectivity index (χ3n) is 5.74. The van der Waals surface area contributed by atoms with Crippen molar-refractivity contribution < 1.29 is 24.3 Å². The van der Waals surface area contributed by atoms with Crippen LogP contribution in [0.4, 0.5) is 0 Å². The summed E-state index contributed by atoms with van der Waals surface area (Å²) in [4.78, 5) is 51.7. The molecule has 1 aliphatic rings. The highest BCUT2D eigenvalue weighted by molar-refractivity contribution is 5.94. The average molecular weight is 456 g/mol. The topological polar surface area (TPSA) is 168 Å². The van der Waals surface area contributed by atoms with Crippen molar-refractivity contribution in [1.29, 1.82) is 0 Å². The fourth-order valence-electron chi connectivity index (χ4n) is 3.78. The number of amides is 3. The number of nitrogens with one attached hydrogen (secondary N) is 2. The van der Waals surface area contributed by atoms with Crippen LogP contribution in [0.1, 0.15) is 66.2 Å². The van der Waals surface area contributed by atoms with E-state index in [1.807, 2.05) is 27.7 Å². The largest absolute Gasteiger partial charge is 0.480 e. The minimum atomic E-state index is -1.10. The summed E-state index contributed by atoms with van der Waals surface area (Å²) in [5.41, 5.74) is 11.5. The third kappa shape index (κ3) is 8.38. The number of nitrogens with two attached hydrogens (primary N) is 2. The smallest absolute Gasteiger partial charge is 0.326 e. The summed E-state index contributed by atoms with van der Waals surface area (Å²) in [6, 6.07) is -3.32. The van der Waals surface area contributed by atoms with Gasteiger partial charge in [-0.2, -0.15) is 0 Å². The molecular weight excluding hydrogens is 414 g/mol. The molecule has 7 N–H and O–H groups in total. The predicted molar refractivity (Wildman–Crippen MR) is 121 cm³/mol. The number of nitrogens with zero attached hydrogens (tertiary/aromatic N) is 1. The van der Waals surface area contributed by atoms with Gasteiger partial charge in [0.2, 0.25) is 17.7 Å². The number of hydrogen-bond acceptors (Lipinski definition) is 6. The number of aliphatic carboxylic acids is 1. The maximum atomic E-state index is 13.3. The Morgan fingerprint density at radius 2 is 1.72 bits per heavy atom. The van der Waals surface area contributed by atoms with Crippen LogP contribution in [0.3, 0.4) is 0 Å². The molecular formula is C22H41N5O5. The van der Waals surface area contributed by atoms with Crippen molar-refractivity contribution >= 4 is 23.7 Å². The summed E-state index contributed by atoms with van der Waals surface area (Å²) < 4.78 is 0. The van der Waals surface area contributed by atoms with Crippen LogP contribution in [-0.4, -0.2) is 71.0 Å². The van der Waals surface area contributed by atoms with Crippen LogP contribution in [0.5, 0.6) is 0 Å². The number of carbonyl (C=O) groups is 4. The third-order valence-corrected chi connectivity index (χ3v) is 5.74. The van der Waals surface area contributed by atoms with Crippen LogP contribution in [-0.2, 0) is 19.2 Å². The van der Waals surface area contributed by atoms with Crippen molar-refractivity contribution in [3.05, 3.63) is 0 Å². The SMILES string of the molecule is CC(C)CC(NC(=O)C1CCCN1C(=O)C(CCCCN)NC(=O)C(N)C(C)C)C(=O)O. The predicted octanol–water partition coefficient (Wildman–Crippen LogP) is 0.190. The van der Waals surface area contributed by atoms with Gasteiger partial charge in [0.05, 0.1) is 6.04 Å². The summed E-state index contributed by atoms with van der Waals surface area (Å²) in [7, 11) is 0. The number of unbranched alkanes of at least 4 members (excludes halogenated alkanes) is 1. The van der Waals surface area contributed by atoms with Gasteiger partial charge in [-0.05, 0) is 56.9 Å². The quantitative estimate of drug-likeness (QED) is 0.247. The number of hydrogen-bond donors (Lipinski definition) is 5. The lowest BCUT2D eigenvalue weighted by molar-refractivity contribution is -0.145. The summed E-state index contributed by atoms with van der Waals surface area (Å²) in [5, 5.41) is 14.8. The Balaban J connectivity index is 2.95. The second kappa shape index (κ2) is 13.4. The molecule has 1 saturated heterocycles. The van der Waals surface area contributed by atoms with Gasteiger partial charge in [-0.15, -0.1) is 0 Å². The normalized spacial score (nSPS) is 19.0. The Kier molecular flexibility index (Phi) is 11.6. The van der Waals surface area contributed by atoms with Gasteiger partial charge in [0.1, 0.15) is 18.1 Å². The van der Waals surface area contributed by atoms with Crippen LogP contribution < -0.4 is 22.1 Å². The van der Waals surface area contributed by atoms with Crippen LogP contribution >= 0.6 is 0 Å². The van der Waals surface area contributed by atoms with E-state index in [-0.39, 0.29) is 17.7 Å². The number of carboxylic acids is 1. The van der Waals surface area contributed by atoms with Crippen molar-refractivity contribution in [3.8, 4) is 0 Å². The number of rotatable bonds is 13. The van der Waals surface area contributed by atoms with E-state index in [1.165, 1.54) is 4.90 Å². The molecule has 0 spiro atoms. The maximum Gasteiger partial charge on any atom is 0.326 e. The van der Waals surface area contributed by atoms with Crippen molar-refractivity contribution in [2.75, 3.05) is 13.1 Å². The molecule has 0 aliphatic carbocycles. The first-order chi connectivity index (χ1) is 15.0. The lowest BCUT2D eigenvalue weighted by Gasteiger charge is -2.30. The summed E-state index contributed by atoms with van der Waals surface area (Å²) in [6.45, 7) is 8.26. The molecule has 0 aromatic carbocycles. The second-order valence-electron chi connectivity index (χ2n) is 9.33. The molecule has 3 amide bonds. The van der Waals surface area contributed by atoms with E-state index in [4.69, 9.17) is 11.5 Å². The molecule has 4 unspecified atom stereocenters. The molecule has 32 heavy (non-hydrogen) atoms. The van der Waals surface area contributed by atoms with Crippen molar-refractivity contribution in [1.82, 2.24) is 15.5 Å². The molecule has 0 aromatic heterocycles. The maximum absolute atomic E-state index is 13.3. The van der Waals surface area contributed by atoms with Gasteiger partial charge in [-0.1, -0.05) is 27.7 Å². The van der Waals surface area contributed by atoms with E-state index in [0.717, 1.165) is 0 Å². The van der Waals surface area contributed by atoms with E-state index in [0.29, 0.717) is 51.6 Å². The minimum Gasteiger partial charge on any atom is -0.480 e. The molecule has 1 heterocycles. The fraction of sp³-hybridized carbons (Fsp3) is 0.818. The molecule has 0 radical (unpaired) electrons. The first-order valence-corrected chi connectivity index (χ1v) is 11.6. The highest BCUT2D eigenvalue weighted by atomic mass is 16.4. The van der Waals surface area contributed by atoms with E-state index < -0.39 is 42.0 Å². The molecule has 0 saturated carbocycles. The van der Waals surface area contributed by atoms with Gasteiger partial charge in [0.25, 0.3) is 0 Å². The summed E-state index contributed by atoms with van der Waals surface area (Å²) in [5.74, 6) is -2.33. The van der Waals surface area contributed by atoms with Crippen molar-refractivity contribution in [2.45, 2.75) is 90.4 Å². The Labute approximate surface area is 190 Å². The Hall–Kier alpha value is -2.20. The first kappa shape index (κ1) is 27.8. The van der Waals surface area contributed by atoms with Crippen LogP contribution in [0.15, 0.2) is 0 Å². The lowest BCUT2D eigenvalue weighted by atomic mass is 10.0. The molecule has 1 fully saturated rings. The Morgan fingerprint density at radius 1 is 1.06 bits per heavy atom. The van der Waals surface area contributed by atoms with E-state index in [9.17, 15) is 24.3 Å². The average Bonchev–Trinajstić information content (AvgIpc) is 3.20. The number of carboxylic acid groups (broad SMARTS) is 1. The Bertz CT molecular complexity index is 655. The van der Waals surface area contributed by atoms with E-state index in [2.05, 4.69) is 10.6 Å². The highest BCUT2D eigenvalue weighted by Gasteiger charge is 2.39. The fourth-order valence-corrected chi connectivity index (χ4v) is 3.78. The number of carbonyl (C=O) groups excluding carboxylic acids is 3. The zero-order valence-corrected chi connectivity index (χ0v) is 19.8. The monoisotopic (exact) mass is 455 g/mol. The van der Waals surface area contributed by atoms with Crippen LogP contribution in [0, 0.1) is 11.8 Å². The van der Waals surface area contributed by atoms with Gasteiger partial charge in [0.15, 0.2) is 0 Å². The van der Waals surface area contributed by atoms with Crippen LogP contribution in [0.2, 0.25) is 0 Å². The second-order valence-corrected chi connectivity index (χ2v) is 9.33. The highest BCUT2D eigenvalue weighted by Crippen LogP contribution is 2.21. The zero-order valence-electron chi connectivity index (χ0n) is 19.8. The molecule has 10 nitrogen and oxygen atoms in total. The molecule has 0 bridgehead atoms. The summed E-state index contributed by atoms with van der Waals surface area (Å²) in [6.07, 6.45) is 3.11. The summed E-state index contributed by atoms with van der Waals surface area (Å²) >= 11 is 0. The zero-order chi connectivity index (χ0) is 24.4. The van der Waals surface area contributed by atoms with Crippen LogP contribution in [0.25, 0.3) is 0 Å². The first-order valence-electron chi connectivity index (χ1n) is 11.6. The van der Waals surface area contributed by atoms with Gasteiger partial charge >= 0.3 is 5.97 Å². The molecule has 0 aromatic rings. The van der Waals surface area contributed by atoms with Gasteiger partial charge in [-0.25, -0.2) is 4.79 Å². The van der Waals surface area contributed by atoms with Crippen molar-refractivity contribution in [2.24, 2.45) is 23.3 Å². The van der Waals surface area contributed by atoms with Gasteiger partial charge in [0, 0.05) is 6.54 Å². The molecule has 184 valence electrons.